The van der Waals surface area contributed by atoms with E-state index >= 15 is 0 Å². The number of aromatic carboxylic acids is 1. The first kappa shape index (κ1) is 23.4. The maximum absolute atomic E-state index is 12.3. The van der Waals surface area contributed by atoms with Crippen LogP contribution in [0.4, 0.5) is 4.79 Å². The molecule has 8 nitrogen and oxygen atoms in total. The third-order valence-electron chi connectivity index (χ3n) is 5.19. The minimum Gasteiger partial charge on any atom is -0.496 e. The third-order valence-corrected chi connectivity index (χ3v) is 5.19. The first-order chi connectivity index (χ1) is 15.2. The minimum atomic E-state index is -1.04. The van der Waals surface area contributed by atoms with E-state index in [1.165, 1.54) is 13.2 Å². The van der Waals surface area contributed by atoms with Crippen LogP contribution in [-0.4, -0.2) is 52.9 Å². The Bertz CT molecular complexity index is 961. The molecule has 2 aromatic rings. The summed E-state index contributed by atoms with van der Waals surface area (Å²) in [5.41, 5.74) is 1.32. The number of piperidine rings is 1. The largest absolute Gasteiger partial charge is 0.496 e. The zero-order valence-corrected chi connectivity index (χ0v) is 19.0. The molecule has 1 saturated heterocycles. The molecule has 2 heterocycles. The van der Waals surface area contributed by atoms with E-state index in [0.29, 0.717) is 19.0 Å². The van der Waals surface area contributed by atoms with Crippen molar-refractivity contribution in [1.29, 1.82) is 0 Å². The van der Waals surface area contributed by atoms with Gasteiger partial charge in [0, 0.05) is 30.8 Å². The lowest BCUT2D eigenvalue weighted by molar-refractivity contribution is 0.0203. The molecule has 0 radical (unpaired) electrons. The number of hydrogen-bond acceptors (Lipinski definition) is 6. The number of nitrogens with zero attached hydrogens (tertiary/aromatic N) is 2. The SMILES string of the molecule is COc1cc(COc2cccc(C3CCN(C(=O)OC(C)(C)C)CC3)n2)ccc1C(=O)O. The maximum atomic E-state index is 12.3. The average Bonchev–Trinajstić information content (AvgIpc) is 2.76. The fourth-order valence-corrected chi connectivity index (χ4v) is 3.58. The molecule has 1 aromatic carbocycles. The Labute approximate surface area is 188 Å². The predicted molar refractivity (Wildman–Crippen MR) is 118 cm³/mol. The van der Waals surface area contributed by atoms with E-state index < -0.39 is 11.6 Å². The lowest BCUT2D eigenvalue weighted by atomic mass is 9.93. The second kappa shape index (κ2) is 9.89. The van der Waals surface area contributed by atoms with E-state index in [1.54, 1.807) is 23.1 Å². The summed E-state index contributed by atoms with van der Waals surface area (Å²) in [5.74, 6) is -0.0102. The predicted octanol–water partition coefficient (Wildman–Crippen LogP) is 4.48. The number of carboxylic acid groups (broad SMARTS) is 1. The van der Waals surface area contributed by atoms with Gasteiger partial charge in [0.25, 0.3) is 0 Å². The lowest BCUT2D eigenvalue weighted by Gasteiger charge is -2.33. The highest BCUT2D eigenvalue weighted by molar-refractivity contribution is 5.90. The van der Waals surface area contributed by atoms with Gasteiger partial charge in [-0.25, -0.2) is 14.6 Å². The second-order valence-electron chi connectivity index (χ2n) is 8.77. The van der Waals surface area contributed by atoms with Gasteiger partial charge in [-0.15, -0.1) is 0 Å². The molecule has 0 bridgehead atoms. The van der Waals surface area contributed by atoms with Crippen molar-refractivity contribution in [2.45, 2.75) is 51.7 Å². The van der Waals surface area contributed by atoms with Crippen LogP contribution in [0, 0.1) is 0 Å². The number of rotatable bonds is 6. The number of methoxy groups -OCH3 is 1. The molecule has 0 saturated carbocycles. The Balaban J connectivity index is 1.58. The summed E-state index contributed by atoms with van der Waals surface area (Å²) in [4.78, 5) is 29.9. The Morgan fingerprint density at radius 2 is 1.88 bits per heavy atom. The number of hydrogen-bond donors (Lipinski definition) is 1. The van der Waals surface area contributed by atoms with Crippen LogP contribution in [0.25, 0.3) is 0 Å². The first-order valence-electron chi connectivity index (χ1n) is 10.6. The number of ether oxygens (including phenoxy) is 3. The normalized spacial score (nSPS) is 14.7. The van der Waals surface area contributed by atoms with Gasteiger partial charge in [0.2, 0.25) is 5.88 Å². The molecule has 0 spiro atoms. The second-order valence-corrected chi connectivity index (χ2v) is 8.77. The molecule has 0 atom stereocenters. The summed E-state index contributed by atoms with van der Waals surface area (Å²) in [6, 6.07) is 10.5. The molecule has 3 rings (SSSR count). The van der Waals surface area contributed by atoms with E-state index in [-0.39, 0.29) is 29.9 Å². The molecule has 1 aliphatic heterocycles. The van der Waals surface area contributed by atoms with E-state index in [2.05, 4.69) is 4.98 Å². The van der Waals surface area contributed by atoms with Crippen LogP contribution in [0.5, 0.6) is 11.6 Å². The number of carbonyl (C=O) groups excluding carboxylic acids is 1. The molecule has 1 aliphatic rings. The van der Waals surface area contributed by atoms with Gasteiger partial charge < -0.3 is 24.2 Å². The van der Waals surface area contributed by atoms with E-state index in [4.69, 9.17) is 14.2 Å². The van der Waals surface area contributed by atoms with Crippen LogP contribution in [0.2, 0.25) is 0 Å². The Kier molecular flexibility index (Phi) is 7.22. The van der Waals surface area contributed by atoms with Crippen molar-refractivity contribution in [2.75, 3.05) is 20.2 Å². The quantitative estimate of drug-likeness (QED) is 0.704. The summed E-state index contributed by atoms with van der Waals surface area (Å²) in [6.45, 7) is 7.09. The molecule has 0 aliphatic carbocycles. The number of carbonyl (C=O) groups is 2. The minimum absolute atomic E-state index is 0.106. The fraction of sp³-hybridized carbons (Fsp3) is 0.458. The van der Waals surface area contributed by atoms with Gasteiger partial charge in [0.15, 0.2) is 0 Å². The molecular weight excluding hydrogens is 412 g/mol. The van der Waals surface area contributed by atoms with Crippen molar-refractivity contribution in [2.24, 2.45) is 0 Å². The van der Waals surface area contributed by atoms with Crippen LogP contribution in [0.3, 0.4) is 0 Å². The zero-order chi connectivity index (χ0) is 23.3. The molecule has 0 unspecified atom stereocenters. The van der Waals surface area contributed by atoms with Gasteiger partial charge in [0.1, 0.15) is 23.5 Å². The lowest BCUT2D eigenvalue weighted by Crippen LogP contribution is -2.41. The highest BCUT2D eigenvalue weighted by Crippen LogP contribution is 2.29. The summed E-state index contributed by atoms with van der Waals surface area (Å²) in [7, 11) is 1.44. The molecule has 32 heavy (non-hydrogen) atoms. The topological polar surface area (TPSA) is 98.2 Å². The van der Waals surface area contributed by atoms with Crippen molar-refractivity contribution >= 4 is 12.1 Å². The Morgan fingerprint density at radius 1 is 1.16 bits per heavy atom. The fourth-order valence-electron chi connectivity index (χ4n) is 3.58. The smallest absolute Gasteiger partial charge is 0.410 e. The van der Waals surface area contributed by atoms with E-state index in [9.17, 15) is 14.7 Å². The Hall–Kier alpha value is -3.29. The average molecular weight is 443 g/mol. The number of likely N-dealkylation sites (tertiary alicyclic amines) is 1. The molecule has 1 amide bonds. The summed E-state index contributed by atoms with van der Waals surface area (Å²) in [6.07, 6.45) is 1.35. The molecule has 8 heteroatoms. The van der Waals surface area contributed by atoms with Crippen LogP contribution in [-0.2, 0) is 11.3 Å². The van der Waals surface area contributed by atoms with Gasteiger partial charge in [-0.2, -0.15) is 0 Å². The van der Waals surface area contributed by atoms with Crippen molar-refractivity contribution in [3.63, 3.8) is 0 Å². The molecule has 1 fully saturated rings. The van der Waals surface area contributed by atoms with E-state index in [1.807, 2.05) is 32.9 Å². The summed E-state index contributed by atoms with van der Waals surface area (Å²) < 4.78 is 16.5. The molecular formula is C24H30N2O6. The summed E-state index contributed by atoms with van der Waals surface area (Å²) >= 11 is 0. The van der Waals surface area contributed by atoms with E-state index in [0.717, 1.165) is 24.1 Å². The van der Waals surface area contributed by atoms with Crippen LogP contribution in [0.1, 0.15) is 61.1 Å². The Morgan fingerprint density at radius 3 is 2.50 bits per heavy atom. The first-order valence-corrected chi connectivity index (χ1v) is 10.6. The van der Waals surface area contributed by atoms with Crippen LogP contribution in [0.15, 0.2) is 36.4 Å². The van der Waals surface area contributed by atoms with Crippen molar-refractivity contribution in [3.05, 3.63) is 53.2 Å². The highest BCUT2D eigenvalue weighted by atomic mass is 16.6. The molecule has 1 N–H and O–H groups in total. The van der Waals surface area contributed by atoms with Gasteiger partial charge >= 0.3 is 12.1 Å². The van der Waals surface area contributed by atoms with Crippen molar-refractivity contribution in [1.82, 2.24) is 9.88 Å². The number of aromatic nitrogens is 1. The van der Waals surface area contributed by atoms with Gasteiger partial charge in [-0.1, -0.05) is 12.1 Å². The highest BCUT2D eigenvalue weighted by Gasteiger charge is 2.28. The number of carboxylic acids is 1. The monoisotopic (exact) mass is 442 g/mol. The maximum Gasteiger partial charge on any atom is 0.410 e. The van der Waals surface area contributed by atoms with Crippen molar-refractivity contribution in [3.8, 4) is 11.6 Å². The third kappa shape index (κ3) is 6.12. The van der Waals surface area contributed by atoms with Gasteiger partial charge in [-0.3, -0.25) is 0 Å². The number of amides is 1. The van der Waals surface area contributed by atoms with Gasteiger partial charge in [0.05, 0.1) is 7.11 Å². The van der Waals surface area contributed by atoms with Crippen LogP contribution >= 0.6 is 0 Å². The van der Waals surface area contributed by atoms with Crippen LogP contribution < -0.4 is 9.47 Å². The number of benzene rings is 1. The van der Waals surface area contributed by atoms with Gasteiger partial charge in [-0.05, 0) is 57.4 Å². The van der Waals surface area contributed by atoms with Crippen molar-refractivity contribution < 1.29 is 28.9 Å². The zero-order valence-electron chi connectivity index (χ0n) is 19.0. The standard InChI is InChI=1S/C24H30N2O6/c1-24(2,3)32-23(29)26-12-10-17(11-13-26)19-6-5-7-21(25-19)31-15-16-8-9-18(22(27)28)20(14-16)30-4/h5-9,14,17H,10-13,15H2,1-4H3,(H,27,28). The summed E-state index contributed by atoms with van der Waals surface area (Å²) in [5, 5.41) is 9.20. The molecule has 172 valence electrons. The number of pyridine rings is 1. The molecule has 1 aromatic heterocycles.